The predicted octanol–water partition coefficient (Wildman–Crippen LogP) is 4.63. The average molecular weight is 571 g/mol. The molecule has 0 radical (unpaired) electrons. The largest absolute Gasteiger partial charge is 0.497 e. The van der Waals surface area contributed by atoms with E-state index in [4.69, 9.17) is 27.9 Å². The summed E-state index contributed by atoms with van der Waals surface area (Å²) in [6, 6.07) is 10.8. The molecule has 1 aliphatic rings. The molecule has 1 aliphatic carbocycles. The number of methoxy groups -OCH3 is 1. The summed E-state index contributed by atoms with van der Waals surface area (Å²) in [5, 5.41) is 3.51. The topological polar surface area (TPSA) is 96.0 Å². The maximum Gasteiger partial charge on any atom is 0.244 e. The molecule has 1 atom stereocenters. The first-order valence-corrected chi connectivity index (χ1v) is 14.8. The number of benzene rings is 2. The Balaban J connectivity index is 1.94. The van der Waals surface area contributed by atoms with Crippen LogP contribution in [-0.2, 0) is 26.2 Å². The summed E-state index contributed by atoms with van der Waals surface area (Å²) < 4.78 is 31.6. The monoisotopic (exact) mass is 569 g/mol. The first-order chi connectivity index (χ1) is 17.5. The molecule has 0 aliphatic heterocycles. The zero-order valence-electron chi connectivity index (χ0n) is 21.2. The highest BCUT2D eigenvalue weighted by Gasteiger charge is 2.33. The predicted molar refractivity (Wildman–Crippen MR) is 147 cm³/mol. The van der Waals surface area contributed by atoms with Gasteiger partial charge in [-0.05, 0) is 55.2 Å². The molecule has 2 aromatic carbocycles. The van der Waals surface area contributed by atoms with Crippen LogP contribution >= 0.6 is 23.2 Å². The Morgan fingerprint density at radius 3 is 2.30 bits per heavy atom. The van der Waals surface area contributed by atoms with Gasteiger partial charge in [0, 0.05) is 17.6 Å². The highest BCUT2D eigenvalue weighted by atomic mass is 35.5. The van der Waals surface area contributed by atoms with Crippen molar-refractivity contribution in [2.75, 3.05) is 24.2 Å². The quantitative estimate of drug-likeness (QED) is 0.425. The van der Waals surface area contributed by atoms with E-state index < -0.39 is 28.5 Å². The fourth-order valence-electron chi connectivity index (χ4n) is 4.49. The molecule has 1 N–H and O–H groups in total. The Morgan fingerprint density at radius 2 is 1.76 bits per heavy atom. The lowest BCUT2D eigenvalue weighted by Crippen LogP contribution is -2.53. The molecule has 0 heterocycles. The molecule has 0 bridgehead atoms. The third-order valence-electron chi connectivity index (χ3n) is 6.46. The Hall–Kier alpha value is -2.49. The summed E-state index contributed by atoms with van der Waals surface area (Å²) in [5.41, 5.74) is 0.909. The van der Waals surface area contributed by atoms with Gasteiger partial charge >= 0.3 is 0 Å². The number of carbonyl (C=O) groups excluding carboxylic acids is 2. The SMILES string of the molecule is CCC(C(=O)NC1CCCC1)N(Cc1ccc(OC)cc1)C(=O)CN(c1ccc(Cl)cc1Cl)S(C)(=O)=O. The van der Waals surface area contributed by atoms with Crippen LogP contribution in [0.2, 0.25) is 10.0 Å². The van der Waals surface area contributed by atoms with Gasteiger partial charge in [0.1, 0.15) is 18.3 Å². The number of halogens is 2. The van der Waals surface area contributed by atoms with Crippen molar-refractivity contribution in [2.45, 2.75) is 57.7 Å². The van der Waals surface area contributed by atoms with Gasteiger partial charge in [-0.25, -0.2) is 8.42 Å². The number of sulfonamides is 1. The molecule has 202 valence electrons. The van der Waals surface area contributed by atoms with E-state index in [0.29, 0.717) is 17.2 Å². The van der Waals surface area contributed by atoms with E-state index in [0.717, 1.165) is 41.8 Å². The lowest BCUT2D eigenvalue weighted by Gasteiger charge is -2.33. The van der Waals surface area contributed by atoms with Crippen LogP contribution < -0.4 is 14.4 Å². The van der Waals surface area contributed by atoms with Crippen LogP contribution in [0.5, 0.6) is 5.75 Å². The highest BCUT2D eigenvalue weighted by Crippen LogP contribution is 2.31. The van der Waals surface area contributed by atoms with Gasteiger partial charge in [0.05, 0.1) is 24.1 Å². The van der Waals surface area contributed by atoms with E-state index in [-0.39, 0.29) is 29.2 Å². The number of ether oxygens (including phenoxy) is 1. The lowest BCUT2D eigenvalue weighted by atomic mass is 10.1. The van der Waals surface area contributed by atoms with Crippen molar-refractivity contribution in [3.63, 3.8) is 0 Å². The van der Waals surface area contributed by atoms with Gasteiger partial charge in [0.15, 0.2) is 0 Å². The van der Waals surface area contributed by atoms with Crippen molar-refractivity contribution in [2.24, 2.45) is 0 Å². The smallest absolute Gasteiger partial charge is 0.244 e. The number of nitrogens with one attached hydrogen (secondary N) is 1. The van der Waals surface area contributed by atoms with E-state index in [2.05, 4.69) is 5.32 Å². The van der Waals surface area contributed by atoms with Crippen LogP contribution in [0.4, 0.5) is 5.69 Å². The third-order valence-corrected chi connectivity index (χ3v) is 8.12. The van der Waals surface area contributed by atoms with E-state index in [1.165, 1.54) is 23.1 Å². The summed E-state index contributed by atoms with van der Waals surface area (Å²) in [6.07, 6.45) is 5.30. The van der Waals surface area contributed by atoms with Crippen LogP contribution in [0.25, 0.3) is 0 Å². The van der Waals surface area contributed by atoms with Crippen molar-refractivity contribution in [3.8, 4) is 5.75 Å². The van der Waals surface area contributed by atoms with Crippen LogP contribution in [0, 0.1) is 0 Å². The summed E-state index contributed by atoms with van der Waals surface area (Å²) in [4.78, 5) is 28.5. The second-order valence-electron chi connectivity index (χ2n) is 9.15. The fourth-order valence-corrected chi connectivity index (χ4v) is 5.92. The molecule has 2 amide bonds. The zero-order valence-corrected chi connectivity index (χ0v) is 23.6. The molecule has 0 aromatic heterocycles. The molecule has 37 heavy (non-hydrogen) atoms. The Kier molecular flexibility index (Phi) is 10.1. The number of hydrogen-bond donors (Lipinski definition) is 1. The molecule has 0 spiro atoms. The summed E-state index contributed by atoms with van der Waals surface area (Å²) in [5.74, 6) is -0.111. The van der Waals surface area contributed by atoms with Gasteiger partial charge < -0.3 is 15.0 Å². The minimum absolute atomic E-state index is 0.0832. The molecule has 0 saturated heterocycles. The van der Waals surface area contributed by atoms with E-state index in [1.54, 1.807) is 19.2 Å². The summed E-state index contributed by atoms with van der Waals surface area (Å²) >= 11 is 12.3. The van der Waals surface area contributed by atoms with Gasteiger partial charge in [-0.1, -0.05) is 55.1 Å². The number of rotatable bonds is 11. The first-order valence-electron chi connectivity index (χ1n) is 12.2. The van der Waals surface area contributed by atoms with Gasteiger partial charge in [-0.3, -0.25) is 13.9 Å². The number of hydrogen-bond acceptors (Lipinski definition) is 5. The number of anilines is 1. The number of amides is 2. The molecule has 11 heteroatoms. The van der Waals surface area contributed by atoms with E-state index >= 15 is 0 Å². The van der Waals surface area contributed by atoms with Gasteiger partial charge in [-0.2, -0.15) is 0 Å². The van der Waals surface area contributed by atoms with Gasteiger partial charge in [-0.15, -0.1) is 0 Å². The minimum Gasteiger partial charge on any atom is -0.497 e. The van der Waals surface area contributed by atoms with Crippen LogP contribution in [0.1, 0.15) is 44.6 Å². The number of nitrogens with zero attached hydrogens (tertiary/aromatic N) is 2. The Morgan fingerprint density at radius 1 is 1.11 bits per heavy atom. The maximum absolute atomic E-state index is 13.8. The summed E-state index contributed by atoms with van der Waals surface area (Å²) in [7, 11) is -2.33. The molecule has 3 rings (SSSR count). The van der Waals surface area contributed by atoms with Crippen molar-refractivity contribution in [1.29, 1.82) is 0 Å². The van der Waals surface area contributed by atoms with Crippen molar-refractivity contribution >= 4 is 50.7 Å². The van der Waals surface area contributed by atoms with Crippen LogP contribution in [-0.4, -0.2) is 57.1 Å². The average Bonchev–Trinajstić information content (AvgIpc) is 3.35. The molecule has 2 aromatic rings. The lowest BCUT2D eigenvalue weighted by molar-refractivity contribution is -0.140. The Bertz CT molecular complexity index is 1200. The van der Waals surface area contributed by atoms with E-state index in [9.17, 15) is 18.0 Å². The van der Waals surface area contributed by atoms with Crippen molar-refractivity contribution in [3.05, 3.63) is 58.1 Å². The Labute approximate surface area is 228 Å². The molecular formula is C26H33Cl2N3O5S. The maximum atomic E-state index is 13.8. The second-order valence-corrected chi connectivity index (χ2v) is 11.9. The van der Waals surface area contributed by atoms with E-state index in [1.807, 2.05) is 19.1 Å². The normalized spacial score (nSPS) is 14.7. The first kappa shape index (κ1) is 29.1. The van der Waals surface area contributed by atoms with Gasteiger partial charge in [0.2, 0.25) is 21.8 Å². The molecular weight excluding hydrogens is 537 g/mol. The third kappa shape index (κ3) is 7.75. The fraction of sp³-hybridized carbons (Fsp3) is 0.462. The molecule has 1 fully saturated rings. The van der Waals surface area contributed by atoms with Crippen LogP contribution in [0.3, 0.4) is 0 Å². The summed E-state index contributed by atoms with van der Waals surface area (Å²) in [6.45, 7) is 1.42. The van der Waals surface area contributed by atoms with Crippen LogP contribution in [0.15, 0.2) is 42.5 Å². The van der Waals surface area contributed by atoms with Gasteiger partial charge in [0.25, 0.3) is 0 Å². The second kappa shape index (κ2) is 12.8. The molecule has 8 nitrogen and oxygen atoms in total. The highest BCUT2D eigenvalue weighted by molar-refractivity contribution is 7.92. The standard InChI is InChI=1S/C26H33Cl2N3O5S/c1-4-23(26(33)29-20-7-5-6-8-20)30(16-18-9-12-21(36-2)13-10-18)25(32)17-31(37(3,34)35)24-14-11-19(27)15-22(24)28/h9-15,20,23H,4-8,16-17H2,1-3H3,(H,29,33). The van der Waals surface area contributed by atoms with Crippen molar-refractivity contribution < 1.29 is 22.7 Å². The zero-order chi connectivity index (χ0) is 27.2. The van der Waals surface area contributed by atoms with Crippen molar-refractivity contribution in [1.82, 2.24) is 10.2 Å². The minimum atomic E-state index is -3.89. The molecule has 1 unspecified atom stereocenters. The molecule has 1 saturated carbocycles. The number of carbonyl (C=O) groups is 2.